The van der Waals surface area contributed by atoms with Crippen molar-refractivity contribution in [2.45, 2.75) is 44.1 Å². The molecule has 1 fully saturated rings. The number of anilines is 1. The summed E-state index contributed by atoms with van der Waals surface area (Å²) < 4.78 is 1.70. The molecule has 106 valence electrons. The number of nitrogens with one attached hydrogen (secondary N) is 1. The number of aromatic nitrogens is 1. The van der Waals surface area contributed by atoms with Gasteiger partial charge in [-0.05, 0) is 18.9 Å². The molecule has 0 aromatic carbocycles. The number of aliphatic hydroxyl groups is 1. The minimum atomic E-state index is -0.747. The molecule has 1 aromatic rings. The second-order valence-electron chi connectivity index (χ2n) is 5.59. The lowest BCUT2D eigenvalue weighted by molar-refractivity contribution is 0.0245. The maximum Gasteiger partial charge on any atom is 0.268 e. The highest BCUT2D eigenvalue weighted by atomic mass is 16.3. The predicted molar refractivity (Wildman–Crippen MR) is 74.8 cm³/mol. The molecule has 1 heterocycles. The summed E-state index contributed by atoms with van der Waals surface area (Å²) in [6, 6.07) is 1.65. The zero-order valence-electron chi connectivity index (χ0n) is 11.5. The minimum absolute atomic E-state index is 0.183. The molecule has 0 atom stereocenters. The smallest absolute Gasteiger partial charge is 0.268 e. The fraction of sp³-hybridized carbons (Fsp3) is 0.643. The number of aryl methyl sites for hydroxylation is 1. The van der Waals surface area contributed by atoms with Gasteiger partial charge in [0.25, 0.3) is 5.91 Å². The highest BCUT2D eigenvalue weighted by Crippen LogP contribution is 2.26. The number of nitrogens with zero attached hydrogens (tertiary/aromatic N) is 1. The molecular formula is C14H23N3O2. The van der Waals surface area contributed by atoms with Crippen LogP contribution in [0.15, 0.2) is 12.3 Å². The number of nitrogen functional groups attached to an aromatic ring is 1. The number of hydrogen-bond acceptors (Lipinski definition) is 3. The molecule has 19 heavy (non-hydrogen) atoms. The third kappa shape index (κ3) is 3.50. The van der Waals surface area contributed by atoms with E-state index < -0.39 is 5.60 Å². The van der Waals surface area contributed by atoms with E-state index in [1.54, 1.807) is 23.9 Å². The first-order valence-corrected chi connectivity index (χ1v) is 6.93. The van der Waals surface area contributed by atoms with Gasteiger partial charge < -0.3 is 20.7 Å². The summed E-state index contributed by atoms with van der Waals surface area (Å²) in [6.07, 6.45) is 7.64. The molecule has 0 aliphatic heterocycles. The van der Waals surface area contributed by atoms with E-state index >= 15 is 0 Å². The number of carbonyl (C=O) groups is 1. The largest absolute Gasteiger partial charge is 0.397 e. The topological polar surface area (TPSA) is 80.3 Å². The van der Waals surface area contributed by atoms with Crippen LogP contribution in [0.4, 0.5) is 5.69 Å². The zero-order chi connectivity index (χ0) is 13.9. The van der Waals surface area contributed by atoms with E-state index in [1.165, 1.54) is 12.8 Å². The standard InChI is InChI=1S/C14H23N3O2/c1-17-9-11(15)8-12(17)13(18)16-10-14(19)6-4-2-3-5-7-14/h8-9,19H,2-7,10,15H2,1H3,(H,16,18). The maximum atomic E-state index is 12.1. The van der Waals surface area contributed by atoms with Crippen molar-refractivity contribution in [2.75, 3.05) is 12.3 Å². The molecule has 1 aromatic heterocycles. The Hall–Kier alpha value is -1.49. The Bertz CT molecular complexity index is 446. The summed E-state index contributed by atoms with van der Waals surface area (Å²) in [5.41, 5.74) is 6.00. The average molecular weight is 265 g/mol. The average Bonchev–Trinajstić information content (AvgIpc) is 2.58. The second-order valence-corrected chi connectivity index (χ2v) is 5.59. The van der Waals surface area contributed by atoms with Gasteiger partial charge in [-0.3, -0.25) is 4.79 Å². The molecule has 1 amide bonds. The van der Waals surface area contributed by atoms with Gasteiger partial charge in [-0.1, -0.05) is 25.7 Å². The Morgan fingerprint density at radius 3 is 2.58 bits per heavy atom. The van der Waals surface area contributed by atoms with Crippen molar-refractivity contribution in [3.63, 3.8) is 0 Å². The summed E-state index contributed by atoms with van der Waals surface area (Å²) >= 11 is 0. The molecule has 0 bridgehead atoms. The van der Waals surface area contributed by atoms with Gasteiger partial charge in [-0.15, -0.1) is 0 Å². The van der Waals surface area contributed by atoms with E-state index in [1.807, 2.05) is 0 Å². The lowest BCUT2D eigenvalue weighted by Gasteiger charge is -2.26. The Kier molecular flexibility index (Phi) is 4.14. The number of hydrogen-bond donors (Lipinski definition) is 3. The Morgan fingerprint density at radius 1 is 1.42 bits per heavy atom. The molecule has 1 aliphatic rings. The molecule has 0 radical (unpaired) electrons. The van der Waals surface area contributed by atoms with Crippen LogP contribution in [-0.4, -0.2) is 27.7 Å². The van der Waals surface area contributed by atoms with Crippen LogP contribution in [0.3, 0.4) is 0 Å². The van der Waals surface area contributed by atoms with E-state index in [-0.39, 0.29) is 5.91 Å². The lowest BCUT2D eigenvalue weighted by atomic mass is 9.94. The molecule has 0 spiro atoms. The third-order valence-electron chi connectivity index (χ3n) is 3.87. The SMILES string of the molecule is Cn1cc(N)cc1C(=O)NCC1(O)CCCCCC1. The Balaban J connectivity index is 1.94. The molecule has 1 aliphatic carbocycles. The van der Waals surface area contributed by atoms with Gasteiger partial charge in [-0.2, -0.15) is 0 Å². The van der Waals surface area contributed by atoms with Crippen molar-refractivity contribution in [1.82, 2.24) is 9.88 Å². The molecule has 0 saturated heterocycles. The van der Waals surface area contributed by atoms with Crippen LogP contribution >= 0.6 is 0 Å². The van der Waals surface area contributed by atoms with Gasteiger partial charge in [0, 0.05) is 19.8 Å². The summed E-state index contributed by atoms with van der Waals surface area (Å²) in [7, 11) is 1.78. The first kappa shape index (κ1) is 13.9. The van der Waals surface area contributed by atoms with Gasteiger partial charge in [-0.25, -0.2) is 0 Å². The molecule has 4 N–H and O–H groups in total. The van der Waals surface area contributed by atoms with E-state index in [9.17, 15) is 9.90 Å². The van der Waals surface area contributed by atoms with Gasteiger partial charge in [0.2, 0.25) is 0 Å². The number of rotatable bonds is 3. The maximum absolute atomic E-state index is 12.1. The van der Waals surface area contributed by atoms with Crippen LogP contribution in [0.2, 0.25) is 0 Å². The van der Waals surface area contributed by atoms with Crippen molar-refractivity contribution in [3.05, 3.63) is 18.0 Å². The molecule has 5 nitrogen and oxygen atoms in total. The van der Waals surface area contributed by atoms with E-state index in [0.29, 0.717) is 17.9 Å². The highest BCUT2D eigenvalue weighted by molar-refractivity contribution is 5.93. The molecule has 2 rings (SSSR count). The van der Waals surface area contributed by atoms with Crippen LogP contribution < -0.4 is 11.1 Å². The lowest BCUT2D eigenvalue weighted by Crippen LogP contribution is -2.42. The molecule has 0 unspecified atom stereocenters. The van der Waals surface area contributed by atoms with Crippen LogP contribution in [0.5, 0.6) is 0 Å². The van der Waals surface area contributed by atoms with Crippen molar-refractivity contribution in [2.24, 2.45) is 7.05 Å². The zero-order valence-corrected chi connectivity index (χ0v) is 11.5. The summed E-state index contributed by atoms with van der Waals surface area (Å²) in [4.78, 5) is 12.1. The van der Waals surface area contributed by atoms with E-state index in [4.69, 9.17) is 5.73 Å². The van der Waals surface area contributed by atoms with Gasteiger partial charge >= 0.3 is 0 Å². The van der Waals surface area contributed by atoms with E-state index in [0.717, 1.165) is 25.7 Å². The van der Waals surface area contributed by atoms with E-state index in [2.05, 4.69) is 5.32 Å². The minimum Gasteiger partial charge on any atom is -0.397 e. The summed E-state index contributed by atoms with van der Waals surface area (Å²) in [5.74, 6) is -0.183. The predicted octanol–water partition coefficient (Wildman–Crippen LogP) is 1.42. The first-order valence-electron chi connectivity index (χ1n) is 6.93. The van der Waals surface area contributed by atoms with Crippen molar-refractivity contribution < 1.29 is 9.90 Å². The first-order chi connectivity index (χ1) is 9.00. The van der Waals surface area contributed by atoms with Crippen LogP contribution in [0.1, 0.15) is 49.0 Å². The quantitative estimate of drug-likeness (QED) is 0.723. The monoisotopic (exact) mass is 265 g/mol. The Labute approximate surface area is 113 Å². The highest BCUT2D eigenvalue weighted by Gasteiger charge is 2.28. The molecular weight excluding hydrogens is 242 g/mol. The fourth-order valence-corrected chi connectivity index (χ4v) is 2.71. The molecule has 5 heteroatoms. The van der Waals surface area contributed by atoms with Crippen molar-refractivity contribution >= 4 is 11.6 Å². The van der Waals surface area contributed by atoms with Crippen LogP contribution in [-0.2, 0) is 7.05 Å². The van der Waals surface area contributed by atoms with Crippen LogP contribution in [0.25, 0.3) is 0 Å². The number of amides is 1. The molecule has 1 saturated carbocycles. The van der Waals surface area contributed by atoms with Crippen LogP contribution in [0, 0.1) is 0 Å². The second kappa shape index (κ2) is 5.65. The van der Waals surface area contributed by atoms with Gasteiger partial charge in [0.15, 0.2) is 0 Å². The Morgan fingerprint density at radius 2 is 2.05 bits per heavy atom. The summed E-state index contributed by atoms with van der Waals surface area (Å²) in [6.45, 7) is 0.316. The fourth-order valence-electron chi connectivity index (χ4n) is 2.71. The van der Waals surface area contributed by atoms with Crippen molar-refractivity contribution in [3.8, 4) is 0 Å². The normalized spacial score (nSPS) is 18.8. The summed E-state index contributed by atoms with van der Waals surface area (Å²) in [5, 5.41) is 13.3. The third-order valence-corrected chi connectivity index (χ3v) is 3.87. The van der Waals surface area contributed by atoms with Crippen molar-refractivity contribution in [1.29, 1.82) is 0 Å². The van der Waals surface area contributed by atoms with Gasteiger partial charge in [0.05, 0.1) is 11.3 Å². The van der Waals surface area contributed by atoms with Gasteiger partial charge in [0.1, 0.15) is 5.69 Å². The number of nitrogens with two attached hydrogens (primary N) is 1. The number of carbonyl (C=O) groups excluding carboxylic acids is 1.